The van der Waals surface area contributed by atoms with E-state index >= 15 is 0 Å². The largest absolute Gasteiger partial charge is 0.276 e. The number of nitrogens with one attached hydrogen (secondary N) is 1. The van der Waals surface area contributed by atoms with Crippen molar-refractivity contribution in [2.75, 3.05) is 5.43 Å². The van der Waals surface area contributed by atoms with Crippen LogP contribution >= 0.6 is 0 Å². The molecule has 1 aromatic heterocycles. The molecule has 1 heterocycles. The molecule has 0 aliphatic heterocycles. The number of hydrogen-bond donors (Lipinski definition) is 1. The van der Waals surface area contributed by atoms with Gasteiger partial charge in [0.2, 0.25) is 0 Å². The second kappa shape index (κ2) is 3.90. The number of hydrogen-bond acceptors (Lipinski definition) is 3. The Balaban J connectivity index is 2.43. The first-order chi connectivity index (χ1) is 5.68. The Morgan fingerprint density at radius 2 is 2.42 bits per heavy atom. The molecule has 0 atom stereocenters. The molecule has 1 aromatic rings. The summed E-state index contributed by atoms with van der Waals surface area (Å²) in [7, 11) is 1.87. The summed E-state index contributed by atoms with van der Waals surface area (Å²) in [4.78, 5) is 0. The molecule has 4 nitrogen and oxygen atoms in total. The van der Waals surface area contributed by atoms with Crippen LogP contribution in [0.1, 0.15) is 13.8 Å². The first-order valence-electron chi connectivity index (χ1n) is 3.96. The molecule has 0 unspecified atom stereocenters. The van der Waals surface area contributed by atoms with Crippen molar-refractivity contribution < 1.29 is 0 Å². The Labute approximate surface area is 72.3 Å². The monoisotopic (exact) mass is 166 g/mol. The molecule has 4 heteroatoms. The minimum Gasteiger partial charge on any atom is -0.276 e. The van der Waals surface area contributed by atoms with Crippen molar-refractivity contribution in [2.24, 2.45) is 18.1 Å². The smallest absolute Gasteiger partial charge is 0.0941 e. The van der Waals surface area contributed by atoms with Gasteiger partial charge in [0, 0.05) is 19.5 Å². The Morgan fingerprint density at radius 1 is 1.67 bits per heavy atom. The van der Waals surface area contributed by atoms with Gasteiger partial charge in [0.15, 0.2) is 0 Å². The topological polar surface area (TPSA) is 42.2 Å². The van der Waals surface area contributed by atoms with Gasteiger partial charge in [-0.2, -0.15) is 10.2 Å². The standard InChI is InChI=1S/C8H14N4/c1-7(2)4-9-11-8-5-10-12(3)6-8/h4-7,11H,1-3H3/b9-4+. The molecule has 66 valence electrons. The number of aryl methyl sites for hydroxylation is 1. The molecule has 0 saturated heterocycles. The molecular formula is C8H14N4. The summed E-state index contributed by atoms with van der Waals surface area (Å²) in [6.07, 6.45) is 5.46. The quantitative estimate of drug-likeness (QED) is 0.546. The zero-order chi connectivity index (χ0) is 8.97. The van der Waals surface area contributed by atoms with Crippen LogP contribution in [0.3, 0.4) is 0 Å². The number of rotatable bonds is 3. The van der Waals surface area contributed by atoms with Crippen molar-refractivity contribution in [3.63, 3.8) is 0 Å². The van der Waals surface area contributed by atoms with E-state index in [1.54, 1.807) is 10.9 Å². The molecule has 0 saturated carbocycles. The third-order valence-electron chi connectivity index (χ3n) is 1.27. The molecule has 1 rings (SSSR count). The predicted octanol–water partition coefficient (Wildman–Crippen LogP) is 1.47. The van der Waals surface area contributed by atoms with Gasteiger partial charge in [-0.05, 0) is 5.92 Å². The van der Waals surface area contributed by atoms with E-state index in [0.717, 1.165) is 5.69 Å². The summed E-state index contributed by atoms with van der Waals surface area (Å²) in [5.41, 5.74) is 3.79. The van der Waals surface area contributed by atoms with Crippen LogP contribution < -0.4 is 5.43 Å². The summed E-state index contributed by atoms with van der Waals surface area (Å²) in [5.74, 6) is 0.467. The van der Waals surface area contributed by atoms with Crippen LogP contribution in [0.5, 0.6) is 0 Å². The fourth-order valence-electron chi connectivity index (χ4n) is 0.740. The lowest BCUT2D eigenvalue weighted by Gasteiger charge is -1.94. The normalized spacial score (nSPS) is 11.3. The lowest BCUT2D eigenvalue weighted by atomic mass is 10.3. The zero-order valence-electron chi connectivity index (χ0n) is 7.65. The van der Waals surface area contributed by atoms with Gasteiger partial charge in [0.25, 0.3) is 0 Å². The summed E-state index contributed by atoms with van der Waals surface area (Å²) in [6, 6.07) is 0. The van der Waals surface area contributed by atoms with E-state index in [-0.39, 0.29) is 0 Å². The molecule has 0 amide bonds. The highest BCUT2D eigenvalue weighted by Crippen LogP contribution is 2.02. The van der Waals surface area contributed by atoms with Gasteiger partial charge in [-0.1, -0.05) is 13.8 Å². The van der Waals surface area contributed by atoms with Crippen molar-refractivity contribution in [1.29, 1.82) is 0 Å². The van der Waals surface area contributed by atoms with E-state index in [1.807, 2.05) is 19.5 Å². The van der Waals surface area contributed by atoms with Crippen LogP contribution in [0.15, 0.2) is 17.5 Å². The Hall–Kier alpha value is -1.32. The molecule has 0 radical (unpaired) electrons. The van der Waals surface area contributed by atoms with Crippen LogP contribution in [-0.2, 0) is 7.05 Å². The summed E-state index contributed by atoms with van der Waals surface area (Å²) in [6.45, 7) is 4.16. The highest BCUT2D eigenvalue weighted by molar-refractivity contribution is 5.61. The van der Waals surface area contributed by atoms with Crippen LogP contribution in [0.2, 0.25) is 0 Å². The van der Waals surface area contributed by atoms with Crippen molar-refractivity contribution in [1.82, 2.24) is 9.78 Å². The highest BCUT2D eigenvalue weighted by Gasteiger charge is 1.91. The van der Waals surface area contributed by atoms with Crippen LogP contribution in [-0.4, -0.2) is 16.0 Å². The summed E-state index contributed by atoms with van der Waals surface area (Å²) < 4.78 is 1.73. The predicted molar refractivity (Wildman–Crippen MR) is 50.2 cm³/mol. The maximum Gasteiger partial charge on any atom is 0.0941 e. The van der Waals surface area contributed by atoms with Gasteiger partial charge in [0.1, 0.15) is 0 Å². The SMILES string of the molecule is CC(C)/C=N/Nc1cnn(C)c1. The van der Waals surface area contributed by atoms with Gasteiger partial charge in [-0.25, -0.2) is 0 Å². The van der Waals surface area contributed by atoms with Crippen molar-refractivity contribution in [3.8, 4) is 0 Å². The Morgan fingerprint density at radius 3 is 2.92 bits per heavy atom. The van der Waals surface area contributed by atoms with Gasteiger partial charge in [-0.15, -0.1) is 0 Å². The van der Waals surface area contributed by atoms with E-state index < -0.39 is 0 Å². The molecule has 0 spiro atoms. The van der Waals surface area contributed by atoms with E-state index in [9.17, 15) is 0 Å². The van der Waals surface area contributed by atoms with E-state index in [4.69, 9.17) is 0 Å². The lowest BCUT2D eigenvalue weighted by molar-refractivity contribution is 0.768. The third-order valence-corrected chi connectivity index (χ3v) is 1.27. The third kappa shape index (κ3) is 2.74. The number of anilines is 1. The van der Waals surface area contributed by atoms with Crippen LogP contribution in [0, 0.1) is 5.92 Å². The van der Waals surface area contributed by atoms with Crippen molar-refractivity contribution in [2.45, 2.75) is 13.8 Å². The fourth-order valence-corrected chi connectivity index (χ4v) is 0.740. The van der Waals surface area contributed by atoms with Crippen LogP contribution in [0.4, 0.5) is 5.69 Å². The average Bonchev–Trinajstić information content (AvgIpc) is 2.35. The second-order valence-electron chi connectivity index (χ2n) is 3.04. The minimum atomic E-state index is 0.467. The fraction of sp³-hybridized carbons (Fsp3) is 0.500. The van der Waals surface area contributed by atoms with Crippen molar-refractivity contribution >= 4 is 11.9 Å². The molecule has 12 heavy (non-hydrogen) atoms. The van der Waals surface area contributed by atoms with E-state index in [1.165, 1.54) is 0 Å². The maximum absolute atomic E-state index is 4.03. The number of hydrazone groups is 1. The van der Waals surface area contributed by atoms with E-state index in [2.05, 4.69) is 29.5 Å². The van der Waals surface area contributed by atoms with Gasteiger partial charge >= 0.3 is 0 Å². The Kier molecular flexibility index (Phi) is 2.85. The van der Waals surface area contributed by atoms with Gasteiger partial charge < -0.3 is 0 Å². The van der Waals surface area contributed by atoms with Gasteiger partial charge in [-0.3, -0.25) is 10.1 Å². The molecule has 0 bridgehead atoms. The molecular weight excluding hydrogens is 152 g/mol. The molecule has 0 aromatic carbocycles. The van der Waals surface area contributed by atoms with Gasteiger partial charge in [0.05, 0.1) is 11.9 Å². The first kappa shape index (κ1) is 8.77. The number of nitrogens with zero attached hydrogens (tertiary/aromatic N) is 3. The van der Waals surface area contributed by atoms with Crippen molar-refractivity contribution in [3.05, 3.63) is 12.4 Å². The Bertz CT molecular complexity index is 262. The number of aromatic nitrogens is 2. The molecule has 0 aliphatic carbocycles. The van der Waals surface area contributed by atoms with Crippen LogP contribution in [0.25, 0.3) is 0 Å². The second-order valence-corrected chi connectivity index (χ2v) is 3.04. The lowest BCUT2D eigenvalue weighted by Crippen LogP contribution is -1.92. The first-order valence-corrected chi connectivity index (χ1v) is 3.96. The zero-order valence-corrected chi connectivity index (χ0v) is 7.65. The molecule has 1 N–H and O–H groups in total. The summed E-state index contributed by atoms with van der Waals surface area (Å²) in [5, 5.41) is 8.02. The maximum atomic E-state index is 4.03. The molecule has 0 aliphatic rings. The average molecular weight is 166 g/mol. The molecule has 0 fully saturated rings. The van der Waals surface area contributed by atoms with E-state index in [0.29, 0.717) is 5.92 Å². The summed E-state index contributed by atoms with van der Waals surface area (Å²) >= 11 is 0. The minimum absolute atomic E-state index is 0.467. The highest BCUT2D eigenvalue weighted by atomic mass is 15.3.